The first-order valence-corrected chi connectivity index (χ1v) is 5.36. The first kappa shape index (κ1) is 11.5. The van der Waals surface area contributed by atoms with Gasteiger partial charge in [-0.3, -0.25) is 0 Å². The molecule has 0 saturated heterocycles. The van der Waals surface area contributed by atoms with Crippen molar-refractivity contribution in [2.75, 3.05) is 0 Å². The Hall–Kier alpha value is -1.03. The second-order valence-electron chi connectivity index (χ2n) is 4.61. The van der Waals surface area contributed by atoms with Gasteiger partial charge in [-0.1, -0.05) is 0 Å². The van der Waals surface area contributed by atoms with E-state index >= 15 is 0 Å². The molecule has 2 atom stereocenters. The van der Waals surface area contributed by atoms with Gasteiger partial charge in [-0.15, -0.1) is 0 Å². The number of alkyl halides is 1. The molecule has 16 heavy (non-hydrogen) atoms. The summed E-state index contributed by atoms with van der Waals surface area (Å²) >= 11 is 0. The first-order valence-electron chi connectivity index (χ1n) is 5.36. The quantitative estimate of drug-likeness (QED) is 0.829. The minimum Gasteiger partial charge on any atom is -0.328 e. The van der Waals surface area contributed by atoms with E-state index in [4.69, 9.17) is 5.73 Å². The minimum atomic E-state index is -1.40. The molecule has 0 bridgehead atoms. The molecule has 0 spiro atoms. The van der Waals surface area contributed by atoms with E-state index in [1.165, 1.54) is 12.1 Å². The van der Waals surface area contributed by atoms with Crippen LogP contribution in [-0.4, -0.2) is 11.7 Å². The molecule has 1 aromatic rings. The van der Waals surface area contributed by atoms with Crippen molar-refractivity contribution in [2.45, 2.75) is 37.4 Å². The van der Waals surface area contributed by atoms with Gasteiger partial charge in [0.2, 0.25) is 0 Å². The van der Waals surface area contributed by atoms with E-state index in [-0.39, 0.29) is 18.9 Å². The van der Waals surface area contributed by atoms with Crippen LogP contribution in [0.2, 0.25) is 0 Å². The zero-order chi connectivity index (χ0) is 11.8. The third kappa shape index (κ3) is 2.55. The highest BCUT2D eigenvalue weighted by Gasteiger charge is 2.38. The van der Waals surface area contributed by atoms with E-state index in [0.29, 0.717) is 18.4 Å². The van der Waals surface area contributed by atoms with E-state index in [1.807, 2.05) is 0 Å². The summed E-state index contributed by atoms with van der Waals surface area (Å²) in [5.74, 6) is -1.33. The molecule has 2 unspecified atom stereocenters. The lowest BCUT2D eigenvalue weighted by molar-refractivity contribution is 0.170. The zero-order valence-corrected chi connectivity index (χ0v) is 8.85. The second kappa shape index (κ2) is 4.09. The number of hydrogen-bond donors (Lipinski definition) is 1. The maximum absolute atomic E-state index is 14.2. The molecule has 1 fully saturated rings. The van der Waals surface area contributed by atoms with Crippen LogP contribution >= 0.6 is 0 Å². The average Bonchev–Trinajstić information content (AvgIpc) is 2.43. The fourth-order valence-electron chi connectivity index (χ4n) is 2.36. The third-order valence-corrected chi connectivity index (χ3v) is 3.03. The number of rotatable bonds is 2. The summed E-state index contributed by atoms with van der Waals surface area (Å²) < 4.78 is 40.0. The second-order valence-corrected chi connectivity index (χ2v) is 4.61. The van der Waals surface area contributed by atoms with Crippen molar-refractivity contribution in [3.63, 3.8) is 0 Å². The van der Waals surface area contributed by atoms with Gasteiger partial charge in [0.15, 0.2) is 0 Å². The van der Waals surface area contributed by atoms with Crippen LogP contribution in [0.5, 0.6) is 0 Å². The van der Waals surface area contributed by atoms with Crippen molar-refractivity contribution in [2.24, 2.45) is 5.73 Å². The molecule has 88 valence electrons. The molecule has 1 aliphatic rings. The molecule has 0 aromatic heterocycles. The fourth-order valence-corrected chi connectivity index (χ4v) is 2.36. The van der Waals surface area contributed by atoms with Gasteiger partial charge in [0.05, 0.1) is 0 Å². The van der Waals surface area contributed by atoms with Crippen LogP contribution in [-0.2, 0) is 6.42 Å². The number of hydrogen-bond acceptors (Lipinski definition) is 1. The molecular weight excluding hydrogens is 215 g/mol. The van der Waals surface area contributed by atoms with Gasteiger partial charge >= 0.3 is 0 Å². The zero-order valence-electron chi connectivity index (χ0n) is 8.85. The Morgan fingerprint density at radius 2 is 1.88 bits per heavy atom. The van der Waals surface area contributed by atoms with E-state index in [1.54, 1.807) is 0 Å². The van der Waals surface area contributed by atoms with Crippen LogP contribution in [0.4, 0.5) is 13.2 Å². The first-order chi connectivity index (χ1) is 7.47. The number of benzene rings is 1. The summed E-state index contributed by atoms with van der Waals surface area (Å²) in [4.78, 5) is 0. The van der Waals surface area contributed by atoms with Crippen molar-refractivity contribution in [3.8, 4) is 0 Å². The van der Waals surface area contributed by atoms with Gasteiger partial charge in [-0.2, -0.15) is 0 Å². The molecule has 1 nitrogen and oxygen atoms in total. The van der Waals surface area contributed by atoms with Crippen molar-refractivity contribution in [1.82, 2.24) is 0 Å². The van der Waals surface area contributed by atoms with Crippen LogP contribution in [0, 0.1) is 11.6 Å². The van der Waals surface area contributed by atoms with Crippen LogP contribution < -0.4 is 5.73 Å². The van der Waals surface area contributed by atoms with Gasteiger partial charge in [-0.25, -0.2) is 13.2 Å². The molecule has 1 saturated carbocycles. The minimum absolute atomic E-state index is 0.0371. The predicted molar refractivity (Wildman–Crippen MR) is 55.7 cm³/mol. The highest BCUT2D eigenvalue weighted by atomic mass is 19.1. The van der Waals surface area contributed by atoms with Crippen LogP contribution in [0.15, 0.2) is 18.2 Å². The Kier molecular flexibility index (Phi) is 2.93. The molecule has 1 aromatic carbocycles. The van der Waals surface area contributed by atoms with E-state index in [0.717, 1.165) is 6.07 Å². The molecular formula is C12H14F3N. The number of halogens is 3. The Morgan fingerprint density at radius 1 is 1.25 bits per heavy atom. The normalized spacial score (nSPS) is 29.6. The summed E-state index contributed by atoms with van der Waals surface area (Å²) in [6, 6.07) is 3.00. The fraction of sp³-hybridized carbons (Fsp3) is 0.500. The molecule has 0 heterocycles. The molecule has 4 heteroatoms. The van der Waals surface area contributed by atoms with E-state index in [9.17, 15) is 13.2 Å². The molecule has 2 rings (SSSR count). The SMILES string of the molecule is NC1CCC(F)(Cc2cc(F)cc(F)c2)C1. The van der Waals surface area contributed by atoms with Crippen LogP contribution in [0.25, 0.3) is 0 Å². The Bertz CT molecular complexity index is 374. The molecule has 1 aliphatic carbocycles. The van der Waals surface area contributed by atoms with Crippen molar-refractivity contribution < 1.29 is 13.2 Å². The average molecular weight is 229 g/mol. The van der Waals surface area contributed by atoms with Gasteiger partial charge in [0.25, 0.3) is 0 Å². The van der Waals surface area contributed by atoms with Crippen molar-refractivity contribution >= 4 is 0 Å². The van der Waals surface area contributed by atoms with E-state index in [2.05, 4.69) is 0 Å². The number of nitrogens with two attached hydrogens (primary N) is 1. The predicted octanol–water partition coefficient (Wildman–Crippen LogP) is 2.73. The Morgan fingerprint density at radius 3 is 2.38 bits per heavy atom. The van der Waals surface area contributed by atoms with Gasteiger partial charge < -0.3 is 5.73 Å². The highest BCUT2D eigenvalue weighted by Crippen LogP contribution is 2.35. The van der Waals surface area contributed by atoms with E-state index < -0.39 is 17.3 Å². The smallest absolute Gasteiger partial charge is 0.126 e. The lowest BCUT2D eigenvalue weighted by Gasteiger charge is -2.19. The van der Waals surface area contributed by atoms with Crippen LogP contribution in [0.1, 0.15) is 24.8 Å². The maximum Gasteiger partial charge on any atom is 0.126 e. The Labute approximate surface area is 92.5 Å². The highest BCUT2D eigenvalue weighted by molar-refractivity contribution is 5.20. The van der Waals surface area contributed by atoms with Gasteiger partial charge in [0, 0.05) is 18.5 Å². The monoisotopic (exact) mass is 229 g/mol. The van der Waals surface area contributed by atoms with Crippen molar-refractivity contribution in [1.29, 1.82) is 0 Å². The molecule has 0 aliphatic heterocycles. The standard InChI is InChI=1S/C12H14F3N/c13-9-3-8(4-10(14)5-9)6-12(15)2-1-11(16)7-12/h3-5,11H,1-2,6-7,16H2. The van der Waals surface area contributed by atoms with Crippen molar-refractivity contribution in [3.05, 3.63) is 35.4 Å². The van der Waals surface area contributed by atoms with Crippen LogP contribution in [0.3, 0.4) is 0 Å². The Balaban J connectivity index is 2.14. The summed E-state index contributed by atoms with van der Waals surface area (Å²) in [5, 5.41) is 0. The molecule has 2 N–H and O–H groups in total. The maximum atomic E-state index is 14.2. The molecule has 0 radical (unpaired) electrons. The van der Waals surface area contributed by atoms with Gasteiger partial charge in [-0.05, 0) is 37.0 Å². The lowest BCUT2D eigenvalue weighted by atomic mass is 9.94. The topological polar surface area (TPSA) is 26.0 Å². The lowest BCUT2D eigenvalue weighted by Crippen LogP contribution is -2.25. The largest absolute Gasteiger partial charge is 0.328 e. The summed E-state index contributed by atoms with van der Waals surface area (Å²) in [7, 11) is 0. The molecule has 0 amide bonds. The summed E-state index contributed by atoms with van der Waals surface area (Å²) in [6.45, 7) is 0. The van der Waals surface area contributed by atoms with Gasteiger partial charge in [0.1, 0.15) is 17.3 Å². The third-order valence-electron chi connectivity index (χ3n) is 3.03. The summed E-state index contributed by atoms with van der Waals surface area (Å²) in [6.07, 6.45) is 1.31. The summed E-state index contributed by atoms with van der Waals surface area (Å²) in [5.41, 5.74) is 4.59.